The molecule has 5 heterocycles. The Morgan fingerprint density at radius 1 is 0.733 bits per heavy atom. The van der Waals surface area contributed by atoms with E-state index in [2.05, 4.69) is 4.90 Å². The number of amides is 5. The number of carbonyl (C=O) groups is 7. The number of pyridine rings is 1. The van der Waals surface area contributed by atoms with Crippen molar-refractivity contribution >= 4 is 78.9 Å². The molecule has 1 aromatic carbocycles. The van der Waals surface area contributed by atoms with E-state index in [1.807, 2.05) is 52.0 Å². The molecule has 0 radical (unpaired) electrons. The summed E-state index contributed by atoms with van der Waals surface area (Å²) in [6.07, 6.45) is 17.4. The van der Waals surface area contributed by atoms with Crippen LogP contribution in [-0.4, -0.2) is 114 Å². The number of aromatic nitrogens is 1. The average molecular weight is 1080 g/mol. The molecule has 2 aromatic rings. The number of allylic oxidation sites excluding steroid dienone is 8. The van der Waals surface area contributed by atoms with E-state index < -0.39 is 78.3 Å². The van der Waals surface area contributed by atoms with Gasteiger partial charge in [-0.2, -0.15) is 16.8 Å². The Morgan fingerprint density at radius 3 is 1.89 bits per heavy atom. The molecule has 0 saturated carbocycles. The maximum absolute atomic E-state index is 13.7. The minimum atomic E-state index is -4.48. The van der Waals surface area contributed by atoms with Crippen LogP contribution in [0.25, 0.3) is 0 Å². The van der Waals surface area contributed by atoms with Gasteiger partial charge in [0.15, 0.2) is 5.71 Å². The van der Waals surface area contributed by atoms with Crippen molar-refractivity contribution in [2.45, 2.75) is 133 Å². The number of aryl methyl sites for hydroxylation is 1. The van der Waals surface area contributed by atoms with Gasteiger partial charge in [-0.05, 0) is 86.5 Å². The lowest BCUT2D eigenvalue weighted by Gasteiger charge is -2.27. The number of carbonyl (C=O) groups excluding carboxylic acids is 7. The largest absolute Gasteiger partial charge is 0.344 e. The molecule has 0 aliphatic carbocycles. The van der Waals surface area contributed by atoms with E-state index in [1.54, 1.807) is 41.1 Å². The van der Waals surface area contributed by atoms with E-state index in [1.165, 1.54) is 19.2 Å². The van der Waals surface area contributed by atoms with Gasteiger partial charge in [-0.15, -0.1) is 10.1 Å². The fourth-order valence-electron chi connectivity index (χ4n) is 8.93. The second-order valence-corrected chi connectivity index (χ2v) is 22.4. The Hall–Kier alpha value is -6.73. The van der Waals surface area contributed by atoms with Crippen LogP contribution in [0, 0.1) is 0 Å². The zero-order valence-corrected chi connectivity index (χ0v) is 44.2. The van der Waals surface area contributed by atoms with Crippen LogP contribution in [-0.2, 0) is 80.9 Å². The Labute approximate surface area is 435 Å². The lowest BCUT2D eigenvalue weighted by atomic mass is 9.81. The summed E-state index contributed by atoms with van der Waals surface area (Å²) < 4.78 is 68.4. The van der Waals surface area contributed by atoms with Crippen LogP contribution in [0.4, 0.5) is 11.5 Å². The minimum absolute atomic E-state index is 0.00191. The number of rotatable bonds is 25. The van der Waals surface area contributed by atoms with E-state index in [-0.39, 0.29) is 68.6 Å². The molecule has 2 N–H and O–H groups in total. The van der Waals surface area contributed by atoms with Crippen LogP contribution in [0.15, 0.2) is 88.6 Å². The molecule has 0 atom stereocenters. The van der Waals surface area contributed by atoms with E-state index in [9.17, 15) is 59.5 Å². The highest BCUT2D eigenvalue weighted by atomic mass is 32.2. The van der Waals surface area contributed by atoms with Gasteiger partial charge in [0.25, 0.3) is 49.8 Å². The number of nitrogens with zero attached hydrogens (tertiary/aromatic N) is 6. The third-order valence-corrected chi connectivity index (χ3v) is 14.7. The standard InChI is InChI=1S/C51H62N6O16S2/c1-50(2)38-32-35(49(64)53(5)71-30-16-10-14-21-47(63)73-57-44(60)26-27-45(57)61)34-54(28-17-31-74(65,66)67)48(38)52-40(50)18-11-7-6-8-12-19-41-51(3,4)37-33-36(75(68,69)70)22-23-39(37)55(41)29-15-9-13-20-46(62)72-56-42(58)24-25-43(56)59/h6-8,11-12,18-19,22-23,32-34H,9-10,13-17,20-21,24-31H2,1-5H3,(H-,65,66,67,68,69,70)/p+1. The van der Waals surface area contributed by atoms with Crippen LogP contribution in [0.5, 0.6) is 0 Å². The van der Waals surface area contributed by atoms with Gasteiger partial charge >= 0.3 is 17.8 Å². The van der Waals surface area contributed by atoms with Crippen LogP contribution in [0.1, 0.15) is 133 Å². The number of unbranched alkanes of at least 4 members (excludes halogenated alkanes) is 4. The molecule has 2 saturated heterocycles. The number of hydrogen-bond donors (Lipinski definition) is 2. The van der Waals surface area contributed by atoms with Crippen molar-refractivity contribution in [3.63, 3.8) is 0 Å². The SMILES string of the molecule is CN(OCCCCCC(=O)ON1C(=O)CCC1=O)C(=O)c1cc2c([n+](CCCS(=O)(=O)O)c1)N=C(/C=C/C=C/C=C/C=C1/N(CCCCCC(=O)ON3C(=O)CCC3=O)c3ccc(S(=O)(=O)O)cc3C1(C)C)C2(C)C. The topological polar surface area (TPSA) is 285 Å². The van der Waals surface area contributed by atoms with Crippen molar-refractivity contribution in [3.8, 4) is 0 Å². The summed E-state index contributed by atoms with van der Waals surface area (Å²) in [5.74, 6) is -4.08. The normalized spacial score (nSPS) is 17.8. The van der Waals surface area contributed by atoms with Gasteiger partial charge in [-0.25, -0.2) is 19.2 Å². The van der Waals surface area contributed by atoms with Gasteiger partial charge in [0.1, 0.15) is 6.20 Å². The van der Waals surface area contributed by atoms with Crippen molar-refractivity contribution in [3.05, 3.63) is 95.4 Å². The highest BCUT2D eigenvalue weighted by Crippen LogP contribution is 2.48. The molecule has 5 amide bonds. The molecule has 75 heavy (non-hydrogen) atoms. The number of aliphatic imine (C=N–C) groups is 1. The first kappa shape index (κ1) is 57.5. The molecule has 0 spiro atoms. The van der Waals surface area contributed by atoms with Crippen molar-refractivity contribution < 1.29 is 78.6 Å². The molecule has 4 aliphatic rings. The average Bonchev–Trinajstić information content (AvgIpc) is 3.99. The van der Waals surface area contributed by atoms with Gasteiger partial charge in [0.2, 0.25) is 0 Å². The lowest BCUT2D eigenvalue weighted by Crippen LogP contribution is -2.39. The Balaban J connectivity index is 1.09. The number of benzene rings is 1. The monoisotopic (exact) mass is 1080 g/mol. The Kier molecular flexibility index (Phi) is 18.6. The Bertz CT molecular complexity index is 2960. The fourth-order valence-corrected chi connectivity index (χ4v) is 9.93. The first-order valence-electron chi connectivity index (χ1n) is 24.6. The van der Waals surface area contributed by atoms with Crippen LogP contribution in [0.3, 0.4) is 0 Å². The van der Waals surface area contributed by atoms with Gasteiger partial charge in [0, 0.05) is 75.3 Å². The summed E-state index contributed by atoms with van der Waals surface area (Å²) >= 11 is 0. The third kappa shape index (κ3) is 14.6. The van der Waals surface area contributed by atoms with Gasteiger partial charge in [0.05, 0.1) is 40.3 Å². The molecule has 1 aromatic heterocycles. The molecule has 0 unspecified atom stereocenters. The Morgan fingerprint density at radius 2 is 1.31 bits per heavy atom. The summed E-state index contributed by atoms with van der Waals surface area (Å²) in [4.78, 5) is 108. The summed E-state index contributed by atoms with van der Waals surface area (Å²) in [5.41, 5.74) is 2.46. The van der Waals surface area contributed by atoms with Gasteiger partial charge in [-0.3, -0.25) is 37.9 Å². The molecular formula is C51H63N6O16S2+. The molecule has 4 aliphatic heterocycles. The van der Waals surface area contributed by atoms with E-state index in [0.717, 1.165) is 16.4 Å². The summed E-state index contributed by atoms with van der Waals surface area (Å²) in [6.45, 7) is 8.51. The zero-order chi connectivity index (χ0) is 54.9. The molecule has 22 nitrogen and oxygen atoms in total. The maximum Gasteiger partial charge on any atom is 0.333 e. The molecular weight excluding hydrogens is 1020 g/mol. The molecule has 6 rings (SSSR count). The highest BCUT2D eigenvalue weighted by Gasteiger charge is 2.44. The smallest absolute Gasteiger partial charge is 0.333 e. The van der Waals surface area contributed by atoms with E-state index >= 15 is 0 Å². The van der Waals surface area contributed by atoms with Crippen LogP contribution in [0.2, 0.25) is 0 Å². The maximum atomic E-state index is 13.7. The number of hydroxylamine groups is 6. The first-order chi connectivity index (χ1) is 35.3. The van der Waals surface area contributed by atoms with Crippen molar-refractivity contribution in [1.29, 1.82) is 0 Å². The molecule has 404 valence electrons. The molecule has 2 fully saturated rings. The van der Waals surface area contributed by atoms with Crippen LogP contribution >= 0.6 is 0 Å². The number of imide groups is 2. The fraction of sp³-hybridized carbons (Fsp3) is 0.471. The number of hydrogen-bond acceptors (Lipinski definition) is 16. The predicted molar refractivity (Wildman–Crippen MR) is 269 cm³/mol. The van der Waals surface area contributed by atoms with E-state index in [4.69, 9.17) is 19.5 Å². The van der Waals surface area contributed by atoms with Crippen molar-refractivity contribution in [2.75, 3.05) is 30.9 Å². The number of anilines is 1. The molecule has 24 heteroatoms. The van der Waals surface area contributed by atoms with Crippen molar-refractivity contribution in [1.82, 2.24) is 15.2 Å². The summed E-state index contributed by atoms with van der Waals surface area (Å²) in [6, 6.07) is 6.18. The van der Waals surface area contributed by atoms with Crippen LogP contribution < -0.4 is 9.47 Å². The predicted octanol–water partition coefficient (Wildman–Crippen LogP) is 5.55. The second kappa shape index (κ2) is 24.3. The lowest BCUT2D eigenvalue weighted by molar-refractivity contribution is -0.684. The second-order valence-electron chi connectivity index (χ2n) is 19.4. The summed E-state index contributed by atoms with van der Waals surface area (Å²) in [5, 5.41) is 2.12. The zero-order valence-electron chi connectivity index (χ0n) is 42.6. The molecule has 0 bridgehead atoms. The van der Waals surface area contributed by atoms with E-state index in [0.29, 0.717) is 77.9 Å². The summed E-state index contributed by atoms with van der Waals surface area (Å²) in [7, 11) is -7.29. The van der Waals surface area contributed by atoms with Gasteiger partial charge in [-0.1, -0.05) is 57.1 Å². The van der Waals surface area contributed by atoms with Gasteiger partial charge < -0.3 is 14.6 Å². The number of fused-ring (bicyclic) bond motifs is 2. The van der Waals surface area contributed by atoms with Crippen molar-refractivity contribution in [2.24, 2.45) is 4.99 Å². The first-order valence-corrected chi connectivity index (χ1v) is 27.6. The third-order valence-electron chi connectivity index (χ3n) is 13.1. The highest BCUT2D eigenvalue weighted by molar-refractivity contribution is 7.86. The minimum Gasteiger partial charge on any atom is -0.344 e. The quantitative estimate of drug-likeness (QED) is 0.0308.